The third-order valence-electron chi connectivity index (χ3n) is 3.16. The molecule has 2 aromatic rings. The first-order valence-corrected chi connectivity index (χ1v) is 5.77. The molecule has 1 N–H and O–H groups in total. The Bertz CT molecular complexity index is 461. The molecule has 1 aromatic carbocycles. The molecule has 16 heavy (non-hydrogen) atoms. The lowest BCUT2D eigenvalue weighted by atomic mass is 9.97. The zero-order valence-corrected chi connectivity index (χ0v) is 9.15. The third kappa shape index (κ3) is 1.76. The van der Waals surface area contributed by atoms with Crippen molar-refractivity contribution in [3.8, 4) is 0 Å². The Kier molecular flexibility index (Phi) is 2.50. The standard InChI is InChI=1S/C14H15NO/c1-2-4-11(5-3-1)10-13-14-12(6-8-15-13)7-9-16-14/h1-5,7,9,13,15H,6,8,10H2. The van der Waals surface area contributed by atoms with Crippen LogP contribution in [0.15, 0.2) is 47.1 Å². The van der Waals surface area contributed by atoms with E-state index in [4.69, 9.17) is 4.42 Å². The number of nitrogens with one attached hydrogen (secondary N) is 1. The van der Waals surface area contributed by atoms with Crippen molar-refractivity contribution in [2.45, 2.75) is 18.9 Å². The molecule has 1 aliphatic rings. The first-order chi connectivity index (χ1) is 7.93. The van der Waals surface area contributed by atoms with Crippen LogP contribution in [0.5, 0.6) is 0 Å². The highest BCUT2D eigenvalue weighted by molar-refractivity contribution is 5.26. The summed E-state index contributed by atoms with van der Waals surface area (Å²) in [5.41, 5.74) is 2.71. The number of benzene rings is 1. The first kappa shape index (κ1) is 9.67. The zero-order chi connectivity index (χ0) is 10.8. The molecular weight excluding hydrogens is 198 g/mol. The van der Waals surface area contributed by atoms with Crippen molar-refractivity contribution >= 4 is 0 Å². The number of hydrogen-bond acceptors (Lipinski definition) is 2. The average molecular weight is 213 g/mol. The second-order valence-electron chi connectivity index (χ2n) is 4.26. The second kappa shape index (κ2) is 4.14. The van der Waals surface area contributed by atoms with Crippen LogP contribution in [0.25, 0.3) is 0 Å². The highest BCUT2D eigenvalue weighted by Crippen LogP contribution is 2.26. The first-order valence-electron chi connectivity index (χ1n) is 5.77. The Morgan fingerprint density at radius 1 is 1.19 bits per heavy atom. The summed E-state index contributed by atoms with van der Waals surface area (Å²) in [6, 6.07) is 13.0. The zero-order valence-electron chi connectivity index (χ0n) is 9.15. The van der Waals surface area contributed by atoms with Crippen LogP contribution in [-0.4, -0.2) is 6.54 Å². The van der Waals surface area contributed by atoms with Gasteiger partial charge in [-0.05, 0) is 36.6 Å². The Morgan fingerprint density at radius 3 is 2.94 bits per heavy atom. The molecule has 0 fully saturated rings. The molecule has 0 amide bonds. The van der Waals surface area contributed by atoms with Crippen LogP contribution in [-0.2, 0) is 12.8 Å². The minimum absolute atomic E-state index is 0.334. The molecule has 0 saturated heterocycles. The summed E-state index contributed by atoms with van der Waals surface area (Å²) in [5, 5.41) is 3.52. The van der Waals surface area contributed by atoms with Crippen molar-refractivity contribution in [2.75, 3.05) is 6.54 Å². The topological polar surface area (TPSA) is 25.2 Å². The molecule has 1 aliphatic heterocycles. The van der Waals surface area contributed by atoms with Crippen LogP contribution < -0.4 is 5.32 Å². The van der Waals surface area contributed by atoms with Gasteiger partial charge in [-0.3, -0.25) is 0 Å². The summed E-state index contributed by atoms with van der Waals surface area (Å²) in [6.07, 6.45) is 3.88. The van der Waals surface area contributed by atoms with Crippen LogP contribution in [0.4, 0.5) is 0 Å². The van der Waals surface area contributed by atoms with Gasteiger partial charge >= 0.3 is 0 Å². The maximum absolute atomic E-state index is 5.58. The number of furan rings is 1. The summed E-state index contributed by atoms with van der Waals surface area (Å²) in [5.74, 6) is 1.12. The molecule has 1 aromatic heterocycles. The minimum atomic E-state index is 0.334. The molecule has 2 heteroatoms. The Hall–Kier alpha value is -1.54. The number of rotatable bonds is 2. The summed E-state index contributed by atoms with van der Waals surface area (Å²) in [4.78, 5) is 0. The van der Waals surface area contributed by atoms with Crippen LogP contribution in [0.2, 0.25) is 0 Å². The van der Waals surface area contributed by atoms with Gasteiger partial charge < -0.3 is 9.73 Å². The van der Waals surface area contributed by atoms with E-state index in [0.717, 1.165) is 25.1 Å². The van der Waals surface area contributed by atoms with Gasteiger partial charge in [0.15, 0.2) is 0 Å². The van der Waals surface area contributed by atoms with Crippen LogP contribution in [0.1, 0.15) is 22.9 Å². The van der Waals surface area contributed by atoms with Crippen molar-refractivity contribution in [2.24, 2.45) is 0 Å². The largest absolute Gasteiger partial charge is 0.467 e. The van der Waals surface area contributed by atoms with Gasteiger partial charge in [-0.15, -0.1) is 0 Å². The monoisotopic (exact) mass is 213 g/mol. The molecule has 3 rings (SSSR count). The van der Waals surface area contributed by atoms with E-state index in [9.17, 15) is 0 Å². The van der Waals surface area contributed by atoms with E-state index < -0.39 is 0 Å². The average Bonchev–Trinajstić information content (AvgIpc) is 2.80. The molecule has 0 saturated carbocycles. The van der Waals surface area contributed by atoms with E-state index in [1.54, 1.807) is 6.26 Å². The fourth-order valence-corrected chi connectivity index (χ4v) is 2.35. The van der Waals surface area contributed by atoms with E-state index in [0.29, 0.717) is 6.04 Å². The summed E-state index contributed by atoms with van der Waals surface area (Å²) in [6.45, 7) is 1.05. The normalized spacial score (nSPS) is 19.4. The maximum Gasteiger partial charge on any atom is 0.124 e. The highest BCUT2D eigenvalue weighted by atomic mass is 16.3. The molecule has 82 valence electrons. The third-order valence-corrected chi connectivity index (χ3v) is 3.16. The Labute approximate surface area is 95.3 Å². The Morgan fingerprint density at radius 2 is 2.06 bits per heavy atom. The van der Waals surface area contributed by atoms with Crippen molar-refractivity contribution in [1.82, 2.24) is 5.32 Å². The fourth-order valence-electron chi connectivity index (χ4n) is 2.35. The van der Waals surface area contributed by atoms with Crippen molar-refractivity contribution < 1.29 is 4.42 Å². The molecule has 0 aliphatic carbocycles. The van der Waals surface area contributed by atoms with E-state index in [2.05, 4.69) is 41.7 Å². The molecule has 2 heterocycles. The second-order valence-corrected chi connectivity index (χ2v) is 4.26. The van der Waals surface area contributed by atoms with Gasteiger partial charge in [-0.1, -0.05) is 30.3 Å². The van der Waals surface area contributed by atoms with E-state index in [-0.39, 0.29) is 0 Å². The van der Waals surface area contributed by atoms with Crippen molar-refractivity contribution in [3.05, 3.63) is 59.5 Å². The van der Waals surface area contributed by atoms with E-state index >= 15 is 0 Å². The van der Waals surface area contributed by atoms with Crippen LogP contribution in [0, 0.1) is 0 Å². The molecule has 2 nitrogen and oxygen atoms in total. The van der Waals surface area contributed by atoms with Gasteiger partial charge in [0, 0.05) is 0 Å². The Balaban J connectivity index is 1.83. The van der Waals surface area contributed by atoms with Crippen molar-refractivity contribution in [1.29, 1.82) is 0 Å². The number of fused-ring (bicyclic) bond motifs is 1. The molecule has 1 unspecified atom stereocenters. The number of hydrogen-bond donors (Lipinski definition) is 1. The van der Waals surface area contributed by atoms with Crippen LogP contribution >= 0.6 is 0 Å². The summed E-state index contributed by atoms with van der Waals surface area (Å²) in [7, 11) is 0. The maximum atomic E-state index is 5.58. The van der Waals surface area contributed by atoms with Gasteiger partial charge in [0.2, 0.25) is 0 Å². The lowest BCUT2D eigenvalue weighted by molar-refractivity contribution is 0.389. The SMILES string of the molecule is c1ccc(CC2NCCc3ccoc32)cc1. The van der Waals surface area contributed by atoms with Crippen LogP contribution in [0.3, 0.4) is 0 Å². The molecule has 0 radical (unpaired) electrons. The smallest absolute Gasteiger partial charge is 0.124 e. The summed E-state index contributed by atoms with van der Waals surface area (Å²) >= 11 is 0. The molecule has 0 bridgehead atoms. The lowest BCUT2D eigenvalue weighted by Crippen LogP contribution is -2.30. The van der Waals surface area contributed by atoms with Gasteiger partial charge in [0.05, 0.1) is 12.3 Å². The van der Waals surface area contributed by atoms with Crippen molar-refractivity contribution in [3.63, 3.8) is 0 Å². The van der Waals surface area contributed by atoms with E-state index in [1.165, 1.54) is 11.1 Å². The predicted octanol–water partition coefficient (Wildman–Crippen LogP) is 2.71. The fraction of sp³-hybridized carbons (Fsp3) is 0.286. The molecular formula is C14H15NO. The highest BCUT2D eigenvalue weighted by Gasteiger charge is 2.22. The van der Waals surface area contributed by atoms with Gasteiger partial charge in [0.1, 0.15) is 5.76 Å². The summed E-state index contributed by atoms with van der Waals surface area (Å²) < 4.78 is 5.58. The quantitative estimate of drug-likeness (QED) is 0.829. The molecule has 1 atom stereocenters. The lowest BCUT2D eigenvalue weighted by Gasteiger charge is -2.22. The van der Waals surface area contributed by atoms with Gasteiger partial charge in [0.25, 0.3) is 0 Å². The van der Waals surface area contributed by atoms with Gasteiger partial charge in [-0.25, -0.2) is 0 Å². The minimum Gasteiger partial charge on any atom is -0.467 e. The van der Waals surface area contributed by atoms with E-state index in [1.807, 2.05) is 0 Å². The van der Waals surface area contributed by atoms with Gasteiger partial charge in [-0.2, -0.15) is 0 Å². The predicted molar refractivity (Wildman–Crippen MR) is 63.3 cm³/mol. The molecule has 0 spiro atoms.